The van der Waals surface area contributed by atoms with Crippen molar-refractivity contribution in [1.29, 1.82) is 0 Å². The number of likely N-dealkylation sites (tertiary alicyclic amines) is 1. The van der Waals surface area contributed by atoms with Crippen molar-refractivity contribution < 1.29 is 9.90 Å². The molecular weight excluding hydrogens is 282 g/mol. The third-order valence-electron chi connectivity index (χ3n) is 4.45. The zero-order valence-corrected chi connectivity index (χ0v) is 13.9. The molecule has 0 aliphatic carbocycles. The van der Waals surface area contributed by atoms with Gasteiger partial charge in [-0.1, -0.05) is 13.0 Å². The zero-order chi connectivity index (χ0) is 15.4. The molecule has 1 aliphatic rings. The SMILES string of the molecule is Cc1ccc(SCCC(=O)N2CCC(C)C2CO)cc1C. The normalized spacial score (nSPS) is 21.8. The fraction of sp³-hybridized carbons (Fsp3) is 0.588. The maximum absolute atomic E-state index is 12.3. The van der Waals surface area contributed by atoms with Gasteiger partial charge in [-0.15, -0.1) is 11.8 Å². The van der Waals surface area contributed by atoms with E-state index in [4.69, 9.17) is 0 Å². The van der Waals surface area contributed by atoms with Crippen LogP contribution in [0.4, 0.5) is 0 Å². The van der Waals surface area contributed by atoms with E-state index >= 15 is 0 Å². The van der Waals surface area contributed by atoms with Crippen LogP contribution in [0.2, 0.25) is 0 Å². The molecule has 3 nitrogen and oxygen atoms in total. The van der Waals surface area contributed by atoms with Gasteiger partial charge in [0.1, 0.15) is 0 Å². The Hall–Kier alpha value is -1.00. The molecule has 1 aromatic carbocycles. The Balaban J connectivity index is 1.83. The van der Waals surface area contributed by atoms with Gasteiger partial charge in [-0.2, -0.15) is 0 Å². The lowest BCUT2D eigenvalue weighted by molar-refractivity contribution is -0.132. The Bertz CT molecular complexity index is 504. The summed E-state index contributed by atoms with van der Waals surface area (Å²) in [6, 6.07) is 6.44. The highest BCUT2D eigenvalue weighted by Gasteiger charge is 2.33. The summed E-state index contributed by atoms with van der Waals surface area (Å²) in [7, 11) is 0. The summed E-state index contributed by atoms with van der Waals surface area (Å²) in [6.07, 6.45) is 1.54. The van der Waals surface area contributed by atoms with Crippen molar-refractivity contribution in [2.24, 2.45) is 5.92 Å². The van der Waals surface area contributed by atoms with E-state index in [9.17, 15) is 9.90 Å². The molecule has 0 radical (unpaired) electrons. The molecule has 21 heavy (non-hydrogen) atoms. The summed E-state index contributed by atoms with van der Waals surface area (Å²) in [5.41, 5.74) is 2.59. The fourth-order valence-electron chi connectivity index (χ4n) is 2.80. The highest BCUT2D eigenvalue weighted by Crippen LogP contribution is 2.26. The van der Waals surface area contributed by atoms with Gasteiger partial charge in [0.2, 0.25) is 5.91 Å². The molecule has 1 fully saturated rings. The van der Waals surface area contributed by atoms with E-state index in [2.05, 4.69) is 39.0 Å². The van der Waals surface area contributed by atoms with Crippen molar-refractivity contribution in [3.05, 3.63) is 29.3 Å². The third-order valence-corrected chi connectivity index (χ3v) is 5.45. The van der Waals surface area contributed by atoms with E-state index in [1.54, 1.807) is 11.8 Å². The summed E-state index contributed by atoms with van der Waals surface area (Å²) in [5.74, 6) is 1.38. The van der Waals surface area contributed by atoms with Gasteiger partial charge in [-0.25, -0.2) is 0 Å². The van der Waals surface area contributed by atoms with Gasteiger partial charge >= 0.3 is 0 Å². The Kier molecular flexibility index (Phi) is 5.71. The van der Waals surface area contributed by atoms with Gasteiger partial charge in [0.25, 0.3) is 0 Å². The summed E-state index contributed by atoms with van der Waals surface area (Å²) in [5, 5.41) is 9.42. The van der Waals surface area contributed by atoms with Crippen molar-refractivity contribution in [3.63, 3.8) is 0 Å². The predicted octanol–water partition coefficient (Wildman–Crippen LogP) is 3.01. The average molecular weight is 307 g/mol. The smallest absolute Gasteiger partial charge is 0.223 e. The molecule has 1 saturated heterocycles. The first-order valence-corrected chi connectivity index (χ1v) is 8.62. The molecule has 0 bridgehead atoms. The fourth-order valence-corrected chi connectivity index (χ4v) is 3.74. The Morgan fingerprint density at radius 1 is 1.38 bits per heavy atom. The van der Waals surface area contributed by atoms with Gasteiger partial charge in [-0.3, -0.25) is 4.79 Å². The summed E-state index contributed by atoms with van der Waals surface area (Å²) in [4.78, 5) is 15.4. The number of amides is 1. The van der Waals surface area contributed by atoms with E-state index in [0.717, 1.165) is 18.7 Å². The van der Waals surface area contributed by atoms with E-state index in [0.29, 0.717) is 12.3 Å². The van der Waals surface area contributed by atoms with Crippen molar-refractivity contribution in [3.8, 4) is 0 Å². The van der Waals surface area contributed by atoms with Crippen molar-refractivity contribution in [2.45, 2.75) is 44.6 Å². The van der Waals surface area contributed by atoms with E-state index in [1.165, 1.54) is 16.0 Å². The lowest BCUT2D eigenvalue weighted by Gasteiger charge is -2.25. The van der Waals surface area contributed by atoms with Crippen LogP contribution in [-0.2, 0) is 4.79 Å². The van der Waals surface area contributed by atoms with Crippen LogP contribution in [0.15, 0.2) is 23.1 Å². The molecule has 2 rings (SSSR count). The Labute approximate surface area is 131 Å². The number of aliphatic hydroxyl groups excluding tert-OH is 1. The zero-order valence-electron chi connectivity index (χ0n) is 13.1. The number of benzene rings is 1. The van der Waals surface area contributed by atoms with Crippen LogP contribution < -0.4 is 0 Å². The highest BCUT2D eigenvalue weighted by molar-refractivity contribution is 7.99. The van der Waals surface area contributed by atoms with E-state index < -0.39 is 0 Å². The lowest BCUT2D eigenvalue weighted by Crippen LogP contribution is -2.39. The molecule has 1 heterocycles. The van der Waals surface area contributed by atoms with Crippen LogP contribution in [0.3, 0.4) is 0 Å². The molecule has 0 spiro atoms. The van der Waals surface area contributed by atoms with Crippen LogP contribution in [0.1, 0.15) is 30.9 Å². The minimum Gasteiger partial charge on any atom is -0.394 e. The second kappa shape index (κ2) is 7.32. The number of carbonyl (C=O) groups excluding carboxylic acids is 1. The minimum atomic E-state index is 0.0177. The average Bonchev–Trinajstić information content (AvgIpc) is 2.83. The molecule has 1 aliphatic heterocycles. The second-order valence-electron chi connectivity index (χ2n) is 5.95. The second-order valence-corrected chi connectivity index (χ2v) is 7.12. The molecule has 1 aromatic rings. The van der Waals surface area contributed by atoms with Crippen LogP contribution in [0.5, 0.6) is 0 Å². The Morgan fingerprint density at radius 3 is 2.81 bits per heavy atom. The predicted molar refractivity (Wildman–Crippen MR) is 87.6 cm³/mol. The first-order chi connectivity index (χ1) is 10.0. The number of aliphatic hydroxyl groups is 1. The first-order valence-electron chi connectivity index (χ1n) is 7.63. The van der Waals surface area contributed by atoms with Crippen molar-refractivity contribution in [2.75, 3.05) is 18.9 Å². The maximum atomic E-state index is 12.3. The van der Waals surface area contributed by atoms with Crippen LogP contribution in [0, 0.1) is 19.8 Å². The number of hydrogen-bond donors (Lipinski definition) is 1. The minimum absolute atomic E-state index is 0.0177. The number of aryl methyl sites for hydroxylation is 2. The third kappa shape index (κ3) is 4.01. The molecule has 4 heteroatoms. The lowest BCUT2D eigenvalue weighted by atomic mass is 10.0. The summed E-state index contributed by atoms with van der Waals surface area (Å²) < 4.78 is 0. The first kappa shape index (κ1) is 16.4. The number of hydrogen-bond acceptors (Lipinski definition) is 3. The largest absolute Gasteiger partial charge is 0.394 e. The van der Waals surface area contributed by atoms with Gasteiger partial charge < -0.3 is 10.0 Å². The van der Waals surface area contributed by atoms with E-state index in [-0.39, 0.29) is 18.6 Å². The maximum Gasteiger partial charge on any atom is 0.223 e. The van der Waals surface area contributed by atoms with Crippen LogP contribution in [0.25, 0.3) is 0 Å². The molecule has 0 saturated carbocycles. The highest BCUT2D eigenvalue weighted by atomic mass is 32.2. The monoisotopic (exact) mass is 307 g/mol. The summed E-state index contributed by atoms with van der Waals surface area (Å²) in [6.45, 7) is 7.20. The standard InChI is InChI=1S/C17H25NO2S/c1-12-4-5-15(10-14(12)3)21-9-7-17(20)18-8-6-13(2)16(18)11-19/h4-5,10,13,16,19H,6-9,11H2,1-3H3. The van der Waals surface area contributed by atoms with Gasteiger partial charge in [-0.05, 0) is 49.4 Å². The molecule has 2 atom stereocenters. The number of nitrogens with zero attached hydrogens (tertiary/aromatic N) is 1. The van der Waals surface area contributed by atoms with Crippen molar-refractivity contribution >= 4 is 17.7 Å². The molecule has 0 aromatic heterocycles. The number of rotatable bonds is 5. The molecule has 2 unspecified atom stereocenters. The van der Waals surface area contributed by atoms with Gasteiger partial charge in [0.15, 0.2) is 0 Å². The molecule has 1 N–H and O–H groups in total. The van der Waals surface area contributed by atoms with E-state index in [1.807, 2.05) is 4.90 Å². The van der Waals surface area contributed by atoms with Crippen molar-refractivity contribution in [1.82, 2.24) is 4.90 Å². The number of thioether (sulfide) groups is 1. The van der Waals surface area contributed by atoms with Crippen LogP contribution in [-0.4, -0.2) is 40.9 Å². The topological polar surface area (TPSA) is 40.5 Å². The molecular formula is C17H25NO2S. The quantitative estimate of drug-likeness (QED) is 0.850. The summed E-state index contributed by atoms with van der Waals surface area (Å²) >= 11 is 1.73. The van der Waals surface area contributed by atoms with Gasteiger partial charge in [0, 0.05) is 23.6 Å². The Morgan fingerprint density at radius 2 is 2.14 bits per heavy atom. The molecule has 1 amide bonds. The number of carbonyl (C=O) groups is 1. The molecule has 116 valence electrons. The van der Waals surface area contributed by atoms with Gasteiger partial charge in [0.05, 0.1) is 12.6 Å². The van der Waals surface area contributed by atoms with Crippen LogP contribution >= 0.6 is 11.8 Å².